The fourth-order valence-electron chi connectivity index (χ4n) is 0.643. The molecule has 1 amide bonds. The molecule has 4 nitrogen and oxygen atoms in total. The number of imidazole rings is 1. The van der Waals surface area contributed by atoms with Crippen molar-refractivity contribution in [2.45, 2.75) is 6.42 Å². The normalized spacial score (nSPS) is 9.30. The van der Waals surface area contributed by atoms with E-state index in [1.807, 2.05) is 0 Å². The lowest BCUT2D eigenvalue weighted by Crippen LogP contribution is -2.19. The molecule has 0 radical (unpaired) electrons. The molecule has 54 valence electrons. The van der Waals surface area contributed by atoms with Crippen LogP contribution in [0.2, 0.25) is 0 Å². The third-order valence-corrected chi connectivity index (χ3v) is 1.18. The fourth-order valence-corrected chi connectivity index (χ4v) is 0.643. The zero-order valence-corrected chi connectivity index (χ0v) is 5.72. The molecule has 0 unspecified atom stereocenters. The summed E-state index contributed by atoms with van der Waals surface area (Å²) in [5.74, 6) is -0.00995. The molecule has 1 heterocycles. The number of carbonyl (C=O) groups is 1. The smallest absolute Gasteiger partial charge is 0.225 e. The van der Waals surface area contributed by atoms with E-state index in [0.717, 1.165) is 5.69 Å². The standard InChI is InChI=1S/C6H9N3O/c1-7-6(10)2-5-3-8-4-9-5/h3-4H,2H2,1H3,(H,7,10)(H,8,9). The largest absolute Gasteiger partial charge is 0.359 e. The molecule has 0 aliphatic carbocycles. The Balaban J connectivity index is 2.48. The van der Waals surface area contributed by atoms with Crippen molar-refractivity contribution < 1.29 is 4.79 Å². The van der Waals surface area contributed by atoms with E-state index in [1.165, 1.54) is 0 Å². The van der Waals surface area contributed by atoms with Gasteiger partial charge in [-0.2, -0.15) is 0 Å². The maximum absolute atomic E-state index is 10.7. The van der Waals surface area contributed by atoms with Gasteiger partial charge in [0.05, 0.1) is 12.7 Å². The summed E-state index contributed by atoms with van der Waals surface area (Å²) in [7, 11) is 1.61. The van der Waals surface area contributed by atoms with Gasteiger partial charge in [0.15, 0.2) is 0 Å². The molecule has 1 rings (SSSR count). The third-order valence-electron chi connectivity index (χ3n) is 1.18. The predicted molar refractivity (Wildman–Crippen MR) is 36.4 cm³/mol. The third kappa shape index (κ3) is 1.58. The van der Waals surface area contributed by atoms with E-state index in [2.05, 4.69) is 15.3 Å². The number of aromatic amines is 1. The van der Waals surface area contributed by atoms with E-state index in [9.17, 15) is 4.79 Å². The van der Waals surface area contributed by atoms with Gasteiger partial charge in [-0.1, -0.05) is 0 Å². The minimum Gasteiger partial charge on any atom is -0.359 e. The second kappa shape index (κ2) is 3.00. The SMILES string of the molecule is CNC(=O)Cc1cnc[nH]1. The van der Waals surface area contributed by atoms with Crippen molar-refractivity contribution in [1.82, 2.24) is 15.3 Å². The zero-order chi connectivity index (χ0) is 7.40. The average Bonchev–Trinajstić information content (AvgIpc) is 2.40. The van der Waals surface area contributed by atoms with Gasteiger partial charge in [0.2, 0.25) is 5.91 Å². The van der Waals surface area contributed by atoms with Gasteiger partial charge >= 0.3 is 0 Å². The molecular formula is C6H9N3O. The van der Waals surface area contributed by atoms with Crippen LogP contribution in [-0.2, 0) is 11.2 Å². The summed E-state index contributed by atoms with van der Waals surface area (Å²) in [6, 6.07) is 0. The number of carbonyl (C=O) groups excluding carboxylic acids is 1. The molecule has 4 heteroatoms. The van der Waals surface area contributed by atoms with Gasteiger partial charge in [-0.15, -0.1) is 0 Å². The van der Waals surface area contributed by atoms with Crippen molar-refractivity contribution in [2.24, 2.45) is 0 Å². The number of amides is 1. The van der Waals surface area contributed by atoms with Crippen molar-refractivity contribution in [3.8, 4) is 0 Å². The summed E-state index contributed by atoms with van der Waals surface area (Å²) in [5.41, 5.74) is 0.833. The van der Waals surface area contributed by atoms with Crippen LogP contribution in [0, 0.1) is 0 Å². The Labute approximate surface area is 58.7 Å². The molecule has 0 saturated carbocycles. The van der Waals surface area contributed by atoms with E-state index < -0.39 is 0 Å². The molecule has 0 atom stereocenters. The fraction of sp³-hybridized carbons (Fsp3) is 0.333. The van der Waals surface area contributed by atoms with E-state index in [0.29, 0.717) is 6.42 Å². The molecule has 10 heavy (non-hydrogen) atoms. The summed E-state index contributed by atoms with van der Waals surface area (Å²) < 4.78 is 0. The van der Waals surface area contributed by atoms with Gasteiger partial charge in [0.1, 0.15) is 0 Å². The van der Waals surface area contributed by atoms with Crippen LogP contribution < -0.4 is 5.32 Å². The van der Waals surface area contributed by atoms with Gasteiger partial charge in [-0.05, 0) is 0 Å². The molecule has 0 aromatic carbocycles. The van der Waals surface area contributed by atoms with Crippen LogP contribution in [-0.4, -0.2) is 22.9 Å². The Morgan fingerprint density at radius 2 is 2.70 bits per heavy atom. The topological polar surface area (TPSA) is 57.8 Å². The van der Waals surface area contributed by atoms with Crippen molar-refractivity contribution in [2.75, 3.05) is 7.05 Å². The quantitative estimate of drug-likeness (QED) is 0.591. The maximum atomic E-state index is 10.7. The first-order valence-corrected chi connectivity index (χ1v) is 3.00. The molecule has 1 aromatic heterocycles. The Morgan fingerprint density at radius 3 is 3.20 bits per heavy atom. The van der Waals surface area contributed by atoms with Crippen molar-refractivity contribution in [3.63, 3.8) is 0 Å². The molecule has 2 N–H and O–H groups in total. The van der Waals surface area contributed by atoms with Crippen LogP contribution in [0.3, 0.4) is 0 Å². The Morgan fingerprint density at radius 1 is 1.90 bits per heavy atom. The lowest BCUT2D eigenvalue weighted by molar-refractivity contribution is -0.120. The monoisotopic (exact) mass is 139 g/mol. The van der Waals surface area contributed by atoms with Crippen LogP contribution in [0.15, 0.2) is 12.5 Å². The molecule has 0 aliphatic heterocycles. The number of rotatable bonds is 2. The van der Waals surface area contributed by atoms with Crippen molar-refractivity contribution in [1.29, 1.82) is 0 Å². The van der Waals surface area contributed by atoms with Gasteiger partial charge in [-0.25, -0.2) is 4.98 Å². The van der Waals surface area contributed by atoms with E-state index in [-0.39, 0.29) is 5.91 Å². The second-order valence-corrected chi connectivity index (χ2v) is 1.93. The summed E-state index contributed by atoms with van der Waals surface area (Å²) in [6.45, 7) is 0. The first-order valence-electron chi connectivity index (χ1n) is 3.00. The average molecular weight is 139 g/mol. The highest BCUT2D eigenvalue weighted by Gasteiger charge is 1.99. The first kappa shape index (κ1) is 6.80. The lowest BCUT2D eigenvalue weighted by atomic mass is 10.3. The maximum Gasteiger partial charge on any atom is 0.225 e. The van der Waals surface area contributed by atoms with Crippen LogP contribution in [0.25, 0.3) is 0 Å². The number of nitrogens with one attached hydrogen (secondary N) is 2. The second-order valence-electron chi connectivity index (χ2n) is 1.93. The minimum absolute atomic E-state index is 0.00995. The number of aromatic nitrogens is 2. The van der Waals surface area contributed by atoms with Gasteiger partial charge in [-0.3, -0.25) is 4.79 Å². The van der Waals surface area contributed by atoms with Crippen LogP contribution in [0.5, 0.6) is 0 Å². The molecule has 1 aromatic rings. The number of likely N-dealkylation sites (N-methyl/N-ethyl adjacent to an activating group) is 1. The van der Waals surface area contributed by atoms with E-state index >= 15 is 0 Å². The van der Waals surface area contributed by atoms with Crippen LogP contribution >= 0.6 is 0 Å². The number of hydrogen-bond acceptors (Lipinski definition) is 2. The Bertz CT molecular complexity index is 205. The summed E-state index contributed by atoms with van der Waals surface area (Å²) in [5, 5.41) is 2.52. The molecule has 0 fully saturated rings. The summed E-state index contributed by atoms with van der Waals surface area (Å²) >= 11 is 0. The summed E-state index contributed by atoms with van der Waals surface area (Å²) in [6.07, 6.45) is 3.56. The molecular weight excluding hydrogens is 130 g/mol. The van der Waals surface area contributed by atoms with E-state index in [4.69, 9.17) is 0 Å². The Kier molecular flexibility index (Phi) is 2.04. The van der Waals surface area contributed by atoms with Gasteiger partial charge < -0.3 is 10.3 Å². The number of nitrogens with zero attached hydrogens (tertiary/aromatic N) is 1. The van der Waals surface area contributed by atoms with Crippen molar-refractivity contribution in [3.05, 3.63) is 18.2 Å². The predicted octanol–water partition coefficient (Wildman–Crippen LogP) is -0.302. The lowest BCUT2D eigenvalue weighted by Gasteiger charge is -1.93. The molecule has 0 aliphatic rings. The van der Waals surface area contributed by atoms with Crippen LogP contribution in [0.4, 0.5) is 0 Å². The highest BCUT2D eigenvalue weighted by Crippen LogP contribution is 1.90. The Hall–Kier alpha value is -1.32. The molecule has 0 bridgehead atoms. The van der Waals surface area contributed by atoms with Gasteiger partial charge in [0.25, 0.3) is 0 Å². The minimum atomic E-state index is -0.00995. The first-order chi connectivity index (χ1) is 4.83. The zero-order valence-electron chi connectivity index (χ0n) is 5.72. The van der Waals surface area contributed by atoms with Gasteiger partial charge in [0, 0.05) is 18.9 Å². The highest BCUT2D eigenvalue weighted by atomic mass is 16.1. The number of H-pyrrole nitrogens is 1. The number of hydrogen-bond donors (Lipinski definition) is 2. The van der Waals surface area contributed by atoms with E-state index in [1.54, 1.807) is 19.6 Å². The highest BCUT2D eigenvalue weighted by molar-refractivity contribution is 5.77. The molecule has 0 saturated heterocycles. The molecule has 0 spiro atoms. The summed E-state index contributed by atoms with van der Waals surface area (Å²) in [4.78, 5) is 17.3. The van der Waals surface area contributed by atoms with Crippen LogP contribution in [0.1, 0.15) is 5.69 Å². The van der Waals surface area contributed by atoms with Crippen molar-refractivity contribution >= 4 is 5.91 Å².